The van der Waals surface area contributed by atoms with Gasteiger partial charge in [0.15, 0.2) is 0 Å². The minimum absolute atomic E-state index is 0.553. The molecule has 0 aliphatic heterocycles. The van der Waals surface area contributed by atoms with E-state index in [2.05, 4.69) is 24.4 Å². The lowest BCUT2D eigenvalue weighted by Gasteiger charge is -2.22. The third kappa shape index (κ3) is 4.34. The van der Waals surface area contributed by atoms with Gasteiger partial charge in [0.25, 0.3) is 0 Å². The molecule has 0 heterocycles. The fourth-order valence-electron chi connectivity index (χ4n) is 2.91. The van der Waals surface area contributed by atoms with Gasteiger partial charge in [-0.1, -0.05) is 37.8 Å². The van der Waals surface area contributed by atoms with Crippen LogP contribution in [0.1, 0.15) is 51.0 Å². The quantitative estimate of drug-likeness (QED) is 0.630. The van der Waals surface area contributed by atoms with Gasteiger partial charge < -0.3 is 11.1 Å². The van der Waals surface area contributed by atoms with Crippen LogP contribution in [0.2, 0.25) is 0 Å². The Balaban J connectivity index is 1.80. The number of anilines is 1. The summed E-state index contributed by atoms with van der Waals surface area (Å²) >= 11 is 0. The lowest BCUT2D eigenvalue weighted by Crippen LogP contribution is -2.37. The van der Waals surface area contributed by atoms with Crippen LogP contribution in [-0.2, 0) is 6.42 Å². The number of nitrogens with one attached hydrogen (secondary N) is 1. The molecule has 1 aromatic rings. The monoisotopic (exact) mass is 246 g/mol. The molecule has 100 valence electrons. The Kier molecular flexibility index (Phi) is 5.06. The van der Waals surface area contributed by atoms with Gasteiger partial charge in [0.1, 0.15) is 0 Å². The van der Waals surface area contributed by atoms with Gasteiger partial charge in [0.2, 0.25) is 0 Å². The van der Waals surface area contributed by atoms with Gasteiger partial charge in [-0.25, -0.2) is 0 Å². The fraction of sp³-hybridized carbons (Fsp3) is 0.625. The van der Waals surface area contributed by atoms with Crippen LogP contribution in [0, 0.1) is 0 Å². The van der Waals surface area contributed by atoms with Gasteiger partial charge in [-0.3, -0.25) is 0 Å². The average Bonchev–Trinajstić information content (AvgIpc) is 2.61. The summed E-state index contributed by atoms with van der Waals surface area (Å²) < 4.78 is 0. The first-order chi connectivity index (χ1) is 8.74. The normalized spacial score (nSPS) is 19.4. The molecule has 3 N–H and O–H groups in total. The third-order valence-electron chi connectivity index (χ3n) is 3.90. The standard InChI is InChI=1S/C16H26N2/c1-13(12-14-8-10-15(17)11-9-14)18-16-6-4-2-3-5-7-16/h8-11,13,16,18H,2-7,12,17H2,1H3. The first-order valence-corrected chi connectivity index (χ1v) is 7.34. The van der Waals surface area contributed by atoms with Crippen LogP contribution in [0.15, 0.2) is 24.3 Å². The van der Waals surface area contributed by atoms with Gasteiger partial charge >= 0.3 is 0 Å². The van der Waals surface area contributed by atoms with Crippen molar-refractivity contribution in [3.63, 3.8) is 0 Å². The summed E-state index contributed by atoms with van der Waals surface area (Å²) in [6.45, 7) is 2.29. The predicted molar refractivity (Wildman–Crippen MR) is 78.6 cm³/mol. The van der Waals surface area contributed by atoms with Crippen molar-refractivity contribution in [2.75, 3.05) is 5.73 Å². The summed E-state index contributed by atoms with van der Waals surface area (Å²) in [5.74, 6) is 0. The van der Waals surface area contributed by atoms with Gasteiger partial charge in [-0.2, -0.15) is 0 Å². The summed E-state index contributed by atoms with van der Waals surface area (Å²) in [4.78, 5) is 0. The molecule has 2 heteroatoms. The molecule has 0 radical (unpaired) electrons. The van der Waals surface area contributed by atoms with E-state index in [1.165, 1.54) is 44.1 Å². The Morgan fingerprint density at radius 1 is 1.11 bits per heavy atom. The fourth-order valence-corrected chi connectivity index (χ4v) is 2.91. The number of hydrogen-bond donors (Lipinski definition) is 2. The first kappa shape index (κ1) is 13.4. The highest BCUT2D eigenvalue weighted by Crippen LogP contribution is 2.18. The zero-order valence-electron chi connectivity index (χ0n) is 11.5. The summed E-state index contributed by atoms with van der Waals surface area (Å²) in [5, 5.41) is 3.79. The van der Waals surface area contributed by atoms with E-state index in [0.29, 0.717) is 6.04 Å². The van der Waals surface area contributed by atoms with E-state index >= 15 is 0 Å². The number of nitrogen functional groups attached to an aromatic ring is 1. The second-order valence-corrected chi connectivity index (χ2v) is 5.70. The van der Waals surface area contributed by atoms with Crippen LogP contribution in [0.5, 0.6) is 0 Å². The van der Waals surface area contributed by atoms with Crippen LogP contribution in [0.3, 0.4) is 0 Å². The number of benzene rings is 1. The molecule has 1 aliphatic carbocycles. The van der Waals surface area contributed by atoms with Crippen molar-refractivity contribution in [1.29, 1.82) is 0 Å². The van der Waals surface area contributed by atoms with Crippen molar-refractivity contribution >= 4 is 5.69 Å². The smallest absolute Gasteiger partial charge is 0.0314 e. The SMILES string of the molecule is CC(Cc1ccc(N)cc1)NC1CCCCCC1. The van der Waals surface area contributed by atoms with Gasteiger partial charge in [0.05, 0.1) is 0 Å². The van der Waals surface area contributed by atoms with Gasteiger partial charge in [-0.05, 0) is 43.9 Å². The molecule has 18 heavy (non-hydrogen) atoms. The van der Waals surface area contributed by atoms with Gasteiger partial charge in [-0.15, -0.1) is 0 Å². The lowest BCUT2D eigenvalue weighted by atomic mass is 10.0. The molecule has 2 rings (SSSR count). The first-order valence-electron chi connectivity index (χ1n) is 7.34. The minimum Gasteiger partial charge on any atom is -0.399 e. The molecular formula is C16H26N2. The topological polar surface area (TPSA) is 38.0 Å². The van der Waals surface area contributed by atoms with E-state index in [9.17, 15) is 0 Å². The van der Waals surface area contributed by atoms with E-state index in [4.69, 9.17) is 5.73 Å². The molecule has 0 amide bonds. The molecule has 1 saturated carbocycles. The van der Waals surface area contributed by atoms with Gasteiger partial charge in [0, 0.05) is 17.8 Å². The second-order valence-electron chi connectivity index (χ2n) is 5.70. The number of hydrogen-bond acceptors (Lipinski definition) is 2. The van der Waals surface area contributed by atoms with Crippen LogP contribution in [0.25, 0.3) is 0 Å². The molecule has 2 nitrogen and oxygen atoms in total. The maximum absolute atomic E-state index is 5.71. The van der Waals surface area contributed by atoms with Crippen molar-refractivity contribution in [2.24, 2.45) is 0 Å². The predicted octanol–water partition coefficient (Wildman–Crippen LogP) is 3.51. The van der Waals surface area contributed by atoms with Crippen LogP contribution in [0.4, 0.5) is 5.69 Å². The summed E-state index contributed by atoms with van der Waals surface area (Å²) in [7, 11) is 0. The minimum atomic E-state index is 0.553. The van der Waals surface area contributed by atoms with Crippen LogP contribution < -0.4 is 11.1 Å². The summed E-state index contributed by atoms with van der Waals surface area (Å²) in [6.07, 6.45) is 9.43. The molecule has 1 aliphatic rings. The van der Waals surface area contributed by atoms with Crippen molar-refractivity contribution in [3.05, 3.63) is 29.8 Å². The lowest BCUT2D eigenvalue weighted by molar-refractivity contribution is 0.406. The molecule has 0 spiro atoms. The Hall–Kier alpha value is -1.02. The highest BCUT2D eigenvalue weighted by atomic mass is 14.9. The number of nitrogens with two attached hydrogens (primary N) is 1. The molecule has 1 unspecified atom stereocenters. The second kappa shape index (κ2) is 6.79. The van der Waals surface area contributed by atoms with Crippen molar-refractivity contribution in [3.8, 4) is 0 Å². The average molecular weight is 246 g/mol. The Labute approximate surface area is 111 Å². The molecule has 1 aromatic carbocycles. The van der Waals surface area contributed by atoms with Crippen molar-refractivity contribution in [1.82, 2.24) is 5.32 Å². The van der Waals surface area contributed by atoms with E-state index in [0.717, 1.165) is 18.2 Å². The highest BCUT2D eigenvalue weighted by Gasteiger charge is 2.14. The molecule has 0 saturated heterocycles. The number of rotatable bonds is 4. The molecule has 0 bridgehead atoms. The zero-order valence-corrected chi connectivity index (χ0v) is 11.5. The van der Waals surface area contributed by atoms with E-state index in [-0.39, 0.29) is 0 Å². The Bertz CT molecular complexity index is 337. The summed E-state index contributed by atoms with van der Waals surface area (Å²) in [5.41, 5.74) is 7.93. The summed E-state index contributed by atoms with van der Waals surface area (Å²) in [6, 6.07) is 9.55. The largest absolute Gasteiger partial charge is 0.399 e. The molecule has 1 fully saturated rings. The van der Waals surface area contributed by atoms with E-state index < -0.39 is 0 Å². The Morgan fingerprint density at radius 3 is 2.33 bits per heavy atom. The molecule has 0 aromatic heterocycles. The van der Waals surface area contributed by atoms with Crippen molar-refractivity contribution in [2.45, 2.75) is 64.0 Å². The third-order valence-corrected chi connectivity index (χ3v) is 3.90. The van der Waals surface area contributed by atoms with E-state index in [1.807, 2.05) is 12.1 Å². The maximum atomic E-state index is 5.71. The van der Waals surface area contributed by atoms with Crippen LogP contribution in [-0.4, -0.2) is 12.1 Å². The maximum Gasteiger partial charge on any atom is 0.0314 e. The highest BCUT2D eigenvalue weighted by molar-refractivity contribution is 5.39. The molecule has 1 atom stereocenters. The van der Waals surface area contributed by atoms with Crippen LogP contribution >= 0.6 is 0 Å². The van der Waals surface area contributed by atoms with Crippen molar-refractivity contribution < 1.29 is 0 Å². The molecular weight excluding hydrogens is 220 g/mol. The zero-order chi connectivity index (χ0) is 12.8. The van der Waals surface area contributed by atoms with E-state index in [1.54, 1.807) is 0 Å². The Morgan fingerprint density at radius 2 is 1.72 bits per heavy atom.